The predicted octanol–water partition coefficient (Wildman–Crippen LogP) is 3.19. The van der Waals surface area contributed by atoms with Crippen molar-refractivity contribution in [3.05, 3.63) is 18.2 Å². The highest BCUT2D eigenvalue weighted by Crippen LogP contribution is 2.60. The number of carbonyl (C=O) groups excluding carboxylic acids is 2. The molecule has 1 aromatic rings. The molecular formula is C23H30N2O4S. The summed E-state index contributed by atoms with van der Waals surface area (Å²) in [4.78, 5) is 30.7. The summed E-state index contributed by atoms with van der Waals surface area (Å²) in [6.45, 7) is 4.59. The molecule has 0 bridgehead atoms. The third kappa shape index (κ3) is 4.01. The van der Waals surface area contributed by atoms with Gasteiger partial charge in [-0.1, -0.05) is 0 Å². The minimum Gasteiger partial charge on any atom is -0.486 e. The van der Waals surface area contributed by atoms with Crippen LogP contribution in [0.3, 0.4) is 0 Å². The van der Waals surface area contributed by atoms with Gasteiger partial charge in [-0.15, -0.1) is 11.8 Å². The molecule has 3 aliphatic heterocycles. The van der Waals surface area contributed by atoms with Gasteiger partial charge in [0.05, 0.1) is 5.75 Å². The number of likely N-dealkylation sites (tertiary alicyclic amines) is 2. The van der Waals surface area contributed by atoms with Crippen LogP contribution in [0, 0.1) is 11.3 Å². The third-order valence-electron chi connectivity index (χ3n) is 7.14. The summed E-state index contributed by atoms with van der Waals surface area (Å²) in [6.07, 6.45) is 6.51. The number of rotatable bonds is 4. The van der Waals surface area contributed by atoms with E-state index < -0.39 is 0 Å². The fourth-order valence-electron chi connectivity index (χ4n) is 5.14. The van der Waals surface area contributed by atoms with Gasteiger partial charge >= 0.3 is 0 Å². The maximum atomic E-state index is 12.8. The van der Waals surface area contributed by atoms with Crippen LogP contribution >= 0.6 is 11.8 Å². The lowest BCUT2D eigenvalue weighted by Crippen LogP contribution is -2.42. The number of benzene rings is 1. The first-order valence-corrected chi connectivity index (χ1v) is 12.2. The predicted molar refractivity (Wildman–Crippen MR) is 115 cm³/mol. The number of hydrogen-bond acceptors (Lipinski definition) is 5. The van der Waals surface area contributed by atoms with Crippen molar-refractivity contribution in [1.29, 1.82) is 0 Å². The normalized spacial score (nSPS) is 24.6. The standard InChI is InChI=1S/C23H30N2O4S/c26-21(16-30-17-4-5-19-20(14-17)29-13-12-28-19)24-10-6-23(7-11-24)15-18(23)22(27)25-8-2-1-3-9-25/h4-5,14,18H,1-3,6-13,15-16H2/t18-/m1/s1. The molecule has 162 valence electrons. The largest absolute Gasteiger partial charge is 0.486 e. The van der Waals surface area contributed by atoms with Gasteiger partial charge in [0.2, 0.25) is 11.8 Å². The van der Waals surface area contributed by atoms with Crippen LogP contribution in [0.2, 0.25) is 0 Å². The minimum absolute atomic E-state index is 0.175. The van der Waals surface area contributed by atoms with Crippen molar-refractivity contribution in [1.82, 2.24) is 9.80 Å². The average molecular weight is 431 g/mol. The van der Waals surface area contributed by atoms with Crippen LogP contribution in [-0.4, -0.2) is 66.8 Å². The molecule has 3 fully saturated rings. The van der Waals surface area contributed by atoms with Crippen LogP contribution in [0.4, 0.5) is 0 Å². The van der Waals surface area contributed by atoms with Gasteiger partial charge in [-0.3, -0.25) is 9.59 Å². The Morgan fingerprint density at radius 2 is 1.70 bits per heavy atom. The molecule has 0 unspecified atom stereocenters. The molecule has 1 aromatic carbocycles. The van der Waals surface area contributed by atoms with E-state index in [9.17, 15) is 9.59 Å². The van der Waals surface area contributed by atoms with E-state index in [0.29, 0.717) is 24.9 Å². The zero-order chi connectivity index (χ0) is 20.6. The molecule has 30 heavy (non-hydrogen) atoms. The molecule has 3 heterocycles. The number of hydrogen-bond donors (Lipinski definition) is 0. The molecule has 2 saturated heterocycles. The van der Waals surface area contributed by atoms with Crippen molar-refractivity contribution in [3.63, 3.8) is 0 Å². The second-order valence-electron chi connectivity index (χ2n) is 8.98. The molecule has 1 saturated carbocycles. The zero-order valence-corrected chi connectivity index (χ0v) is 18.3. The number of carbonyl (C=O) groups is 2. The number of nitrogens with zero attached hydrogens (tertiary/aromatic N) is 2. The maximum Gasteiger partial charge on any atom is 0.232 e. The zero-order valence-electron chi connectivity index (χ0n) is 17.4. The summed E-state index contributed by atoms with van der Waals surface area (Å²) in [5, 5.41) is 0. The second-order valence-corrected chi connectivity index (χ2v) is 10.0. The van der Waals surface area contributed by atoms with Crippen molar-refractivity contribution in [2.24, 2.45) is 11.3 Å². The molecule has 0 aromatic heterocycles. The average Bonchev–Trinajstić information content (AvgIpc) is 3.50. The molecule has 4 aliphatic rings. The molecule has 0 radical (unpaired) electrons. The monoisotopic (exact) mass is 430 g/mol. The fourth-order valence-corrected chi connectivity index (χ4v) is 5.96. The van der Waals surface area contributed by atoms with E-state index in [0.717, 1.165) is 74.7 Å². The van der Waals surface area contributed by atoms with E-state index in [2.05, 4.69) is 4.90 Å². The summed E-state index contributed by atoms with van der Waals surface area (Å²) in [7, 11) is 0. The number of thioether (sulfide) groups is 1. The van der Waals surface area contributed by atoms with E-state index in [4.69, 9.17) is 9.47 Å². The van der Waals surface area contributed by atoms with E-state index in [1.807, 2.05) is 23.1 Å². The first kappa shape index (κ1) is 20.0. The molecule has 6 nitrogen and oxygen atoms in total. The molecular weight excluding hydrogens is 400 g/mol. The van der Waals surface area contributed by atoms with Crippen LogP contribution in [0.15, 0.2) is 23.1 Å². The van der Waals surface area contributed by atoms with E-state index in [1.165, 1.54) is 6.42 Å². The maximum absolute atomic E-state index is 12.8. The topological polar surface area (TPSA) is 59.1 Å². The summed E-state index contributed by atoms with van der Waals surface area (Å²) in [5.41, 5.74) is 0.175. The van der Waals surface area contributed by atoms with E-state index >= 15 is 0 Å². The first-order valence-electron chi connectivity index (χ1n) is 11.2. The van der Waals surface area contributed by atoms with Gasteiger partial charge in [0.25, 0.3) is 0 Å². The molecule has 1 spiro atoms. The Morgan fingerprint density at radius 3 is 2.47 bits per heavy atom. The highest BCUT2D eigenvalue weighted by atomic mass is 32.2. The molecule has 5 rings (SSSR count). The van der Waals surface area contributed by atoms with Gasteiger partial charge in [-0.25, -0.2) is 0 Å². The van der Waals surface area contributed by atoms with Crippen LogP contribution in [-0.2, 0) is 9.59 Å². The highest BCUT2D eigenvalue weighted by Gasteiger charge is 2.59. The molecule has 2 amide bonds. The van der Waals surface area contributed by atoms with Gasteiger partial charge in [0.15, 0.2) is 11.5 Å². The van der Waals surface area contributed by atoms with Gasteiger partial charge in [0, 0.05) is 37.0 Å². The number of amides is 2. The van der Waals surface area contributed by atoms with Crippen molar-refractivity contribution >= 4 is 23.6 Å². The lowest BCUT2D eigenvalue weighted by atomic mass is 9.90. The lowest BCUT2D eigenvalue weighted by Gasteiger charge is -2.34. The Labute approximate surface area is 182 Å². The van der Waals surface area contributed by atoms with Crippen molar-refractivity contribution in [2.45, 2.75) is 43.4 Å². The Bertz CT molecular complexity index is 815. The molecule has 1 atom stereocenters. The first-order chi connectivity index (χ1) is 14.6. The number of fused-ring (bicyclic) bond motifs is 1. The molecule has 7 heteroatoms. The Balaban J connectivity index is 1.09. The van der Waals surface area contributed by atoms with Gasteiger partial charge in [-0.2, -0.15) is 0 Å². The number of ether oxygens (including phenoxy) is 2. The molecule has 0 N–H and O–H groups in total. The third-order valence-corrected chi connectivity index (χ3v) is 8.12. The highest BCUT2D eigenvalue weighted by molar-refractivity contribution is 8.00. The number of piperidine rings is 2. The summed E-state index contributed by atoms with van der Waals surface area (Å²) < 4.78 is 11.2. The summed E-state index contributed by atoms with van der Waals surface area (Å²) in [6, 6.07) is 5.86. The van der Waals surface area contributed by atoms with Gasteiger partial charge in [-0.05, 0) is 62.1 Å². The SMILES string of the molecule is O=C(CSc1ccc2c(c1)OCCO2)N1CCC2(CC1)C[C@@H]2C(=O)N1CCCCC1. The Kier molecular flexibility index (Phi) is 5.56. The Hall–Kier alpha value is -1.89. The van der Waals surface area contributed by atoms with Crippen molar-refractivity contribution < 1.29 is 19.1 Å². The summed E-state index contributed by atoms with van der Waals surface area (Å²) >= 11 is 1.55. The minimum atomic E-state index is 0.175. The quantitative estimate of drug-likeness (QED) is 0.687. The van der Waals surface area contributed by atoms with Crippen LogP contribution < -0.4 is 9.47 Å². The van der Waals surface area contributed by atoms with Gasteiger partial charge < -0.3 is 19.3 Å². The van der Waals surface area contributed by atoms with E-state index in [-0.39, 0.29) is 17.2 Å². The smallest absolute Gasteiger partial charge is 0.232 e. The van der Waals surface area contributed by atoms with E-state index in [1.54, 1.807) is 11.8 Å². The molecule has 1 aliphatic carbocycles. The lowest BCUT2D eigenvalue weighted by molar-refractivity contribution is -0.134. The van der Waals surface area contributed by atoms with Crippen LogP contribution in [0.5, 0.6) is 11.5 Å². The van der Waals surface area contributed by atoms with Crippen molar-refractivity contribution in [2.75, 3.05) is 45.1 Å². The van der Waals surface area contributed by atoms with Gasteiger partial charge in [0.1, 0.15) is 13.2 Å². The second kappa shape index (κ2) is 8.33. The Morgan fingerprint density at radius 1 is 0.967 bits per heavy atom. The summed E-state index contributed by atoms with van der Waals surface area (Å²) in [5.74, 6) is 2.74. The van der Waals surface area contributed by atoms with Crippen molar-refractivity contribution in [3.8, 4) is 11.5 Å². The fraction of sp³-hybridized carbons (Fsp3) is 0.652. The van der Waals surface area contributed by atoms with Crippen LogP contribution in [0.25, 0.3) is 0 Å². The van der Waals surface area contributed by atoms with Crippen LogP contribution in [0.1, 0.15) is 38.5 Å².